The van der Waals surface area contributed by atoms with Gasteiger partial charge in [0.05, 0.1) is 40.3 Å². The third-order valence-corrected chi connectivity index (χ3v) is 9.41. The molecule has 0 N–H and O–H groups in total. The SMILES string of the molecule is CC/C=C\C/C=C\C/C=C\C/C=C\C/C=C\C/C=C\C/C=C\CCCCCCCC(=O)OC(COC(=O)CCCCCCCCCC)COC(OCC[N+](C)(C)C)C(=O)[O-]. The van der Waals surface area contributed by atoms with E-state index in [1.807, 2.05) is 21.1 Å². The van der Waals surface area contributed by atoms with Crippen molar-refractivity contribution in [1.29, 1.82) is 0 Å². The maximum atomic E-state index is 12.7. The number of carbonyl (C=O) groups is 3. The molecule has 0 radical (unpaired) electrons. The number of allylic oxidation sites excluding steroid dienone is 14. The lowest BCUT2D eigenvalue weighted by atomic mass is 10.1. The van der Waals surface area contributed by atoms with Gasteiger partial charge in [0.25, 0.3) is 0 Å². The van der Waals surface area contributed by atoms with Crippen LogP contribution in [0.4, 0.5) is 0 Å². The van der Waals surface area contributed by atoms with Gasteiger partial charge in [0, 0.05) is 12.8 Å². The van der Waals surface area contributed by atoms with E-state index >= 15 is 0 Å². The fourth-order valence-electron chi connectivity index (χ4n) is 5.81. The Morgan fingerprint density at radius 3 is 1.42 bits per heavy atom. The molecule has 0 heterocycles. The highest BCUT2D eigenvalue weighted by atomic mass is 16.7. The number of likely N-dealkylation sites (N-methyl/N-ethyl adjacent to an activating group) is 1. The molecule has 0 aromatic heterocycles. The van der Waals surface area contributed by atoms with Crippen LogP contribution in [0.25, 0.3) is 0 Å². The summed E-state index contributed by atoms with van der Waals surface area (Å²) in [6.45, 7) is 4.54. The molecule has 0 fully saturated rings. The first-order chi connectivity index (χ1) is 29.1. The molecule has 0 saturated heterocycles. The molecule has 0 aliphatic carbocycles. The molecule has 0 aromatic carbocycles. The van der Waals surface area contributed by atoms with E-state index in [0.29, 0.717) is 17.4 Å². The summed E-state index contributed by atoms with van der Waals surface area (Å²) < 4.78 is 22.5. The molecular weight excluding hydrogens is 755 g/mol. The van der Waals surface area contributed by atoms with Crippen molar-refractivity contribution in [2.45, 2.75) is 174 Å². The second-order valence-corrected chi connectivity index (χ2v) is 16.3. The number of unbranched alkanes of at least 4 members (excludes halogenated alkanes) is 12. The zero-order valence-electron chi connectivity index (χ0n) is 38.5. The Morgan fingerprint density at radius 1 is 0.517 bits per heavy atom. The van der Waals surface area contributed by atoms with Gasteiger partial charge in [-0.3, -0.25) is 9.59 Å². The number of quaternary nitrogens is 1. The number of carboxylic acid groups (broad SMARTS) is 1. The van der Waals surface area contributed by atoms with E-state index < -0.39 is 24.3 Å². The average molecular weight is 840 g/mol. The Kier molecular flexibility index (Phi) is 39.7. The van der Waals surface area contributed by atoms with Gasteiger partial charge in [-0.1, -0.05) is 163 Å². The zero-order chi connectivity index (χ0) is 44.2. The number of carbonyl (C=O) groups excluding carboxylic acids is 3. The Morgan fingerprint density at radius 2 is 0.950 bits per heavy atom. The first-order valence-corrected chi connectivity index (χ1v) is 23.2. The highest BCUT2D eigenvalue weighted by Crippen LogP contribution is 2.12. The van der Waals surface area contributed by atoms with Gasteiger partial charge in [0.1, 0.15) is 13.2 Å². The molecule has 0 aliphatic rings. The second-order valence-electron chi connectivity index (χ2n) is 16.3. The van der Waals surface area contributed by atoms with E-state index in [-0.39, 0.29) is 38.6 Å². The van der Waals surface area contributed by atoms with E-state index in [0.717, 1.165) is 96.3 Å². The van der Waals surface area contributed by atoms with Gasteiger partial charge < -0.3 is 33.3 Å². The maximum Gasteiger partial charge on any atom is 0.306 e. The molecule has 342 valence electrons. The van der Waals surface area contributed by atoms with Crippen LogP contribution in [0.1, 0.15) is 162 Å². The van der Waals surface area contributed by atoms with Gasteiger partial charge in [-0.25, -0.2) is 0 Å². The largest absolute Gasteiger partial charge is 0.545 e. The number of aliphatic carboxylic acids is 1. The summed E-state index contributed by atoms with van der Waals surface area (Å²) >= 11 is 0. The van der Waals surface area contributed by atoms with Crippen LogP contribution in [0.3, 0.4) is 0 Å². The van der Waals surface area contributed by atoms with Crippen molar-refractivity contribution >= 4 is 17.9 Å². The zero-order valence-corrected chi connectivity index (χ0v) is 38.5. The molecule has 2 unspecified atom stereocenters. The standard InChI is InChI=1S/C51H85NO8/c1-6-8-10-12-14-16-17-18-19-20-21-22-23-24-25-26-27-28-29-30-31-32-33-34-36-38-40-42-49(54)60-47(46-59-51(50(55)56)57-44-43-52(3,4)5)45-58-48(53)41-39-37-35-15-13-11-9-7-2/h8,10,14,16,18-19,21-22,24-25,27-28,30-31,47,51H,6-7,9,11-13,15,17,20,23,26,29,32-46H2,1-5H3/b10-8-,16-14-,19-18-,22-21-,25-24-,28-27-,31-30-. The fraction of sp³-hybridized carbons (Fsp3) is 0.667. The van der Waals surface area contributed by atoms with Crippen molar-refractivity contribution in [1.82, 2.24) is 0 Å². The molecule has 0 spiro atoms. The smallest absolute Gasteiger partial charge is 0.306 e. The van der Waals surface area contributed by atoms with Crippen molar-refractivity contribution < 1.29 is 42.9 Å². The lowest BCUT2D eigenvalue weighted by Gasteiger charge is -2.26. The number of hydrogen-bond acceptors (Lipinski definition) is 8. The van der Waals surface area contributed by atoms with Crippen LogP contribution in [0.15, 0.2) is 85.1 Å². The minimum Gasteiger partial charge on any atom is -0.545 e. The summed E-state index contributed by atoms with van der Waals surface area (Å²) in [5.41, 5.74) is 0. The summed E-state index contributed by atoms with van der Waals surface area (Å²) in [4.78, 5) is 36.8. The molecule has 0 saturated carbocycles. The maximum absolute atomic E-state index is 12.7. The Bertz CT molecular complexity index is 1260. The first-order valence-electron chi connectivity index (χ1n) is 23.2. The number of nitrogens with zero attached hydrogens (tertiary/aromatic N) is 1. The van der Waals surface area contributed by atoms with Crippen LogP contribution < -0.4 is 5.11 Å². The predicted molar refractivity (Wildman–Crippen MR) is 246 cm³/mol. The van der Waals surface area contributed by atoms with Gasteiger partial charge >= 0.3 is 11.9 Å². The topological polar surface area (TPSA) is 111 Å². The van der Waals surface area contributed by atoms with Gasteiger partial charge in [-0.05, 0) is 70.6 Å². The molecule has 9 nitrogen and oxygen atoms in total. The third kappa shape index (κ3) is 42.6. The van der Waals surface area contributed by atoms with Crippen molar-refractivity contribution in [2.75, 3.05) is 47.5 Å². The van der Waals surface area contributed by atoms with Crippen molar-refractivity contribution in [3.63, 3.8) is 0 Å². The number of carboxylic acids is 1. The quantitative estimate of drug-likeness (QED) is 0.0197. The van der Waals surface area contributed by atoms with Gasteiger partial charge in [-0.15, -0.1) is 0 Å². The number of hydrogen-bond donors (Lipinski definition) is 0. The summed E-state index contributed by atoms with van der Waals surface area (Å²) in [7, 11) is 5.89. The summed E-state index contributed by atoms with van der Waals surface area (Å²) in [6.07, 6.45) is 50.6. The van der Waals surface area contributed by atoms with Crippen molar-refractivity contribution in [2.24, 2.45) is 0 Å². The van der Waals surface area contributed by atoms with Crippen molar-refractivity contribution in [3.05, 3.63) is 85.1 Å². The summed E-state index contributed by atoms with van der Waals surface area (Å²) in [6, 6.07) is 0. The second kappa shape index (κ2) is 42.2. The molecule has 2 atom stereocenters. The predicted octanol–water partition coefficient (Wildman–Crippen LogP) is 11.2. The third-order valence-electron chi connectivity index (χ3n) is 9.41. The average Bonchev–Trinajstić information content (AvgIpc) is 3.21. The number of esters is 2. The normalized spacial score (nSPS) is 13.7. The van der Waals surface area contributed by atoms with Crippen LogP contribution in [0, 0.1) is 0 Å². The molecule has 0 bridgehead atoms. The molecule has 0 rings (SSSR count). The monoisotopic (exact) mass is 840 g/mol. The lowest BCUT2D eigenvalue weighted by molar-refractivity contribution is -0.870. The van der Waals surface area contributed by atoms with Gasteiger partial charge in [-0.2, -0.15) is 0 Å². The Labute approximate surface area is 366 Å². The van der Waals surface area contributed by atoms with Crippen molar-refractivity contribution in [3.8, 4) is 0 Å². The summed E-state index contributed by atoms with van der Waals surface area (Å²) in [5.74, 6) is -2.33. The molecule has 0 aromatic rings. The highest BCUT2D eigenvalue weighted by Gasteiger charge is 2.21. The molecule has 0 aliphatic heterocycles. The minimum atomic E-state index is -1.63. The molecule has 60 heavy (non-hydrogen) atoms. The lowest BCUT2D eigenvalue weighted by Crippen LogP contribution is -2.44. The van der Waals surface area contributed by atoms with Crippen LogP contribution in [0.5, 0.6) is 0 Å². The van der Waals surface area contributed by atoms with E-state index in [1.165, 1.54) is 32.1 Å². The minimum absolute atomic E-state index is 0.140. The number of rotatable bonds is 41. The van der Waals surface area contributed by atoms with Gasteiger partial charge in [0.2, 0.25) is 0 Å². The number of ether oxygens (including phenoxy) is 4. The van der Waals surface area contributed by atoms with Crippen LogP contribution in [-0.4, -0.2) is 82.3 Å². The van der Waals surface area contributed by atoms with E-state index in [1.54, 1.807) is 0 Å². The fourth-order valence-corrected chi connectivity index (χ4v) is 5.81. The van der Waals surface area contributed by atoms with Crippen LogP contribution >= 0.6 is 0 Å². The molecule has 9 heteroatoms. The van der Waals surface area contributed by atoms with Gasteiger partial charge in [0.15, 0.2) is 12.4 Å². The van der Waals surface area contributed by atoms with Crippen LogP contribution in [0.2, 0.25) is 0 Å². The van der Waals surface area contributed by atoms with E-state index in [2.05, 4.69) is 98.9 Å². The summed E-state index contributed by atoms with van der Waals surface area (Å²) in [5, 5.41) is 11.7. The van der Waals surface area contributed by atoms with Crippen LogP contribution in [-0.2, 0) is 33.3 Å². The highest BCUT2D eigenvalue weighted by molar-refractivity contribution is 5.70. The Hall–Kier alpha value is -3.53. The van der Waals surface area contributed by atoms with E-state index in [9.17, 15) is 19.5 Å². The molecule has 0 amide bonds. The first kappa shape index (κ1) is 56.5. The van der Waals surface area contributed by atoms with E-state index in [4.69, 9.17) is 18.9 Å². The Balaban J connectivity index is 4.34. The molecular formula is C51H85NO8.